The van der Waals surface area contributed by atoms with E-state index in [-0.39, 0.29) is 19.3 Å². The number of thiazole rings is 1. The molecule has 0 saturated carbocycles. The van der Waals surface area contributed by atoms with E-state index in [0.29, 0.717) is 23.7 Å². The van der Waals surface area contributed by atoms with Crippen LogP contribution in [-0.2, 0) is 9.53 Å². The van der Waals surface area contributed by atoms with Crippen molar-refractivity contribution >= 4 is 33.4 Å². The van der Waals surface area contributed by atoms with Crippen LogP contribution in [0.2, 0.25) is 0 Å². The Labute approximate surface area is 158 Å². The van der Waals surface area contributed by atoms with Gasteiger partial charge in [0.15, 0.2) is 18.1 Å². The van der Waals surface area contributed by atoms with Crippen molar-refractivity contribution in [3.05, 3.63) is 53.5 Å². The van der Waals surface area contributed by atoms with Crippen molar-refractivity contribution in [3.8, 4) is 11.5 Å². The van der Waals surface area contributed by atoms with Gasteiger partial charge in [-0.05, 0) is 30.3 Å². The van der Waals surface area contributed by atoms with Crippen molar-refractivity contribution in [2.45, 2.75) is 6.10 Å². The number of amides is 1. The van der Waals surface area contributed by atoms with Crippen LogP contribution in [0.25, 0.3) is 10.2 Å². The van der Waals surface area contributed by atoms with Crippen molar-refractivity contribution in [3.63, 3.8) is 0 Å². The maximum atomic E-state index is 12.1. The Bertz CT molecular complexity index is 987. The van der Waals surface area contributed by atoms with E-state index in [1.807, 2.05) is 24.3 Å². The summed E-state index contributed by atoms with van der Waals surface area (Å²) in [4.78, 5) is 28.2. The molecular formula is C19H16N2O5S. The average Bonchev–Trinajstić information content (AvgIpc) is 3.18. The van der Waals surface area contributed by atoms with Crippen LogP contribution < -0.4 is 14.8 Å². The molecule has 2 heterocycles. The third-order valence-electron chi connectivity index (χ3n) is 4.00. The molecule has 1 atom stereocenters. The molecule has 0 radical (unpaired) electrons. The summed E-state index contributed by atoms with van der Waals surface area (Å²) in [6.45, 7) is 0.243. The van der Waals surface area contributed by atoms with Crippen LogP contribution in [0.5, 0.6) is 11.5 Å². The molecule has 7 nitrogen and oxygen atoms in total. The molecule has 2 aromatic carbocycles. The molecule has 0 unspecified atom stereocenters. The van der Waals surface area contributed by atoms with Crippen LogP contribution in [0.3, 0.4) is 0 Å². The molecular weight excluding hydrogens is 368 g/mol. The summed E-state index contributed by atoms with van der Waals surface area (Å²) in [5, 5.41) is 2.69. The quantitative estimate of drug-likeness (QED) is 0.680. The number of nitrogens with zero attached hydrogens (tertiary/aromatic N) is 1. The van der Waals surface area contributed by atoms with Gasteiger partial charge in [-0.25, -0.2) is 9.78 Å². The molecule has 8 heteroatoms. The van der Waals surface area contributed by atoms with Crippen molar-refractivity contribution in [1.82, 2.24) is 10.3 Å². The highest BCUT2D eigenvalue weighted by molar-refractivity contribution is 7.16. The van der Waals surface area contributed by atoms with Gasteiger partial charge >= 0.3 is 5.97 Å². The lowest BCUT2D eigenvalue weighted by atomic mass is 10.2. The summed E-state index contributed by atoms with van der Waals surface area (Å²) in [7, 11) is 0. The molecule has 3 aromatic rings. The first kappa shape index (κ1) is 17.3. The molecule has 0 fully saturated rings. The van der Waals surface area contributed by atoms with Crippen LogP contribution in [0, 0.1) is 0 Å². The second kappa shape index (κ2) is 7.63. The normalized spacial score (nSPS) is 15.3. The van der Waals surface area contributed by atoms with E-state index < -0.39 is 11.9 Å². The molecule has 27 heavy (non-hydrogen) atoms. The van der Waals surface area contributed by atoms with Gasteiger partial charge in [-0.1, -0.05) is 12.1 Å². The SMILES string of the molecule is O=C(COC(=O)c1ccc2ncsc2c1)NC[C@@H]1COc2ccccc2O1. The number of esters is 1. The molecule has 1 N–H and O–H groups in total. The molecule has 0 aliphatic carbocycles. The second-order valence-electron chi connectivity index (χ2n) is 5.91. The number of rotatable bonds is 5. The fourth-order valence-corrected chi connectivity index (χ4v) is 3.36. The topological polar surface area (TPSA) is 86.8 Å². The predicted molar refractivity (Wildman–Crippen MR) is 99.3 cm³/mol. The lowest BCUT2D eigenvalue weighted by Gasteiger charge is -2.26. The Morgan fingerprint density at radius 3 is 2.96 bits per heavy atom. The largest absolute Gasteiger partial charge is 0.486 e. The minimum atomic E-state index is -0.549. The van der Waals surface area contributed by atoms with Crippen LogP contribution in [-0.4, -0.2) is 42.7 Å². The molecule has 138 valence electrons. The third-order valence-corrected chi connectivity index (χ3v) is 4.79. The van der Waals surface area contributed by atoms with Crippen LogP contribution >= 0.6 is 11.3 Å². The molecule has 0 spiro atoms. The highest BCUT2D eigenvalue weighted by Gasteiger charge is 2.21. The second-order valence-corrected chi connectivity index (χ2v) is 6.80. The number of aromatic nitrogens is 1. The van der Waals surface area contributed by atoms with E-state index in [2.05, 4.69) is 10.3 Å². The van der Waals surface area contributed by atoms with Crippen LogP contribution in [0.1, 0.15) is 10.4 Å². The van der Waals surface area contributed by atoms with Gasteiger partial charge in [0.2, 0.25) is 0 Å². The molecule has 1 amide bonds. The molecule has 0 bridgehead atoms. The number of carbonyl (C=O) groups is 2. The summed E-state index contributed by atoms with van der Waals surface area (Å²) < 4.78 is 17.3. The summed E-state index contributed by atoms with van der Waals surface area (Å²) in [5.41, 5.74) is 2.92. The van der Waals surface area contributed by atoms with E-state index in [1.54, 1.807) is 23.7 Å². The fraction of sp³-hybridized carbons (Fsp3) is 0.211. The molecule has 1 aliphatic rings. The Morgan fingerprint density at radius 1 is 1.22 bits per heavy atom. The number of ether oxygens (including phenoxy) is 3. The lowest BCUT2D eigenvalue weighted by Crippen LogP contribution is -2.42. The zero-order valence-corrected chi connectivity index (χ0v) is 15.0. The Balaban J connectivity index is 1.24. The van der Waals surface area contributed by atoms with Crippen molar-refractivity contribution in [1.29, 1.82) is 0 Å². The first-order valence-corrected chi connectivity index (χ1v) is 9.22. The fourth-order valence-electron chi connectivity index (χ4n) is 2.64. The van der Waals surface area contributed by atoms with Gasteiger partial charge in [0.05, 0.1) is 27.8 Å². The number of hydrogen-bond donors (Lipinski definition) is 1. The zero-order valence-electron chi connectivity index (χ0n) is 14.2. The summed E-state index contributed by atoms with van der Waals surface area (Å²) in [5.74, 6) is 0.385. The van der Waals surface area contributed by atoms with E-state index in [0.717, 1.165) is 10.2 Å². The van der Waals surface area contributed by atoms with E-state index in [1.165, 1.54) is 11.3 Å². The molecule has 4 rings (SSSR count). The van der Waals surface area contributed by atoms with Crippen molar-refractivity contribution in [2.75, 3.05) is 19.8 Å². The minimum Gasteiger partial charge on any atom is -0.486 e. The maximum absolute atomic E-state index is 12.1. The van der Waals surface area contributed by atoms with Crippen molar-refractivity contribution in [2.24, 2.45) is 0 Å². The van der Waals surface area contributed by atoms with Gasteiger partial charge in [0, 0.05) is 0 Å². The predicted octanol–water partition coefficient (Wildman–Crippen LogP) is 2.41. The minimum absolute atomic E-state index is 0.261. The van der Waals surface area contributed by atoms with Gasteiger partial charge in [-0.3, -0.25) is 4.79 Å². The maximum Gasteiger partial charge on any atom is 0.338 e. The smallest absolute Gasteiger partial charge is 0.338 e. The number of fused-ring (bicyclic) bond motifs is 2. The van der Waals surface area contributed by atoms with E-state index in [9.17, 15) is 9.59 Å². The zero-order chi connectivity index (χ0) is 18.6. The van der Waals surface area contributed by atoms with Crippen molar-refractivity contribution < 1.29 is 23.8 Å². The van der Waals surface area contributed by atoms with Crippen LogP contribution in [0.15, 0.2) is 48.0 Å². The van der Waals surface area contributed by atoms with E-state index >= 15 is 0 Å². The average molecular weight is 384 g/mol. The Morgan fingerprint density at radius 2 is 2.07 bits per heavy atom. The van der Waals surface area contributed by atoms with Gasteiger partial charge in [-0.15, -0.1) is 11.3 Å². The third kappa shape index (κ3) is 4.01. The first-order chi connectivity index (χ1) is 13.2. The number of nitrogens with one attached hydrogen (secondary N) is 1. The first-order valence-electron chi connectivity index (χ1n) is 8.34. The van der Waals surface area contributed by atoms with Gasteiger partial charge < -0.3 is 19.5 Å². The number of hydrogen-bond acceptors (Lipinski definition) is 7. The molecule has 1 aliphatic heterocycles. The monoisotopic (exact) mass is 384 g/mol. The number of para-hydroxylation sites is 2. The summed E-state index contributed by atoms with van der Waals surface area (Å²) in [6.07, 6.45) is -0.298. The van der Waals surface area contributed by atoms with Gasteiger partial charge in [0.1, 0.15) is 12.7 Å². The molecule has 0 saturated heterocycles. The Hall–Kier alpha value is -3.13. The Kier molecular flexibility index (Phi) is 4.88. The lowest BCUT2D eigenvalue weighted by molar-refractivity contribution is -0.124. The number of benzene rings is 2. The van der Waals surface area contributed by atoms with Crippen LogP contribution in [0.4, 0.5) is 0 Å². The summed E-state index contributed by atoms with van der Waals surface area (Å²) in [6, 6.07) is 12.4. The van der Waals surface area contributed by atoms with Gasteiger partial charge in [-0.2, -0.15) is 0 Å². The summed E-state index contributed by atoms with van der Waals surface area (Å²) >= 11 is 1.44. The van der Waals surface area contributed by atoms with E-state index in [4.69, 9.17) is 14.2 Å². The highest BCUT2D eigenvalue weighted by atomic mass is 32.1. The highest BCUT2D eigenvalue weighted by Crippen LogP contribution is 2.30. The standard InChI is InChI=1S/C19H16N2O5S/c22-18(20-8-13-9-24-15-3-1-2-4-16(15)26-13)10-25-19(23)12-5-6-14-17(7-12)27-11-21-14/h1-7,11,13H,8-10H2,(H,20,22)/t13-/m1/s1. The number of carbonyl (C=O) groups excluding carboxylic acids is 2. The van der Waals surface area contributed by atoms with Gasteiger partial charge in [0.25, 0.3) is 5.91 Å². The molecule has 1 aromatic heterocycles.